The van der Waals surface area contributed by atoms with Crippen molar-refractivity contribution in [2.24, 2.45) is 0 Å². The largest absolute Gasteiger partial charge is 0.0683 e. The second-order valence-corrected chi connectivity index (χ2v) is 8.12. The number of unbranched alkanes of at least 4 members (excludes halogenated alkanes) is 6. The molecule has 0 aromatic rings. The Balaban J connectivity index is -0.0000000206. The maximum absolute atomic E-state index is 2.18. The molecule has 0 unspecified atom stereocenters. The molecule has 0 heteroatoms. The molecule has 0 aromatic heterocycles. The van der Waals surface area contributed by atoms with E-state index < -0.39 is 0 Å². The van der Waals surface area contributed by atoms with Crippen molar-refractivity contribution < 1.29 is 0 Å². The van der Waals surface area contributed by atoms with Gasteiger partial charge in [0.15, 0.2) is 0 Å². The smallest absolute Gasteiger partial charge is 0.0564 e. The summed E-state index contributed by atoms with van der Waals surface area (Å²) in [6.07, 6.45) is 19.6. The number of hydrogen-bond acceptors (Lipinski definition) is 0. The normalized spacial score (nSPS) is 6.46. The van der Waals surface area contributed by atoms with Crippen molar-refractivity contribution in [3.63, 3.8) is 0 Å². The van der Waals surface area contributed by atoms with Gasteiger partial charge >= 0.3 is 0 Å². The minimum absolute atomic E-state index is 1.25. The Kier molecular flexibility index (Phi) is 458. The fourth-order valence-corrected chi connectivity index (χ4v) is 0. The zero-order chi connectivity index (χ0) is 34.6. The fourth-order valence-electron chi connectivity index (χ4n) is 0. The molecule has 0 N–H and O–H groups in total. The average Bonchev–Trinajstić information content (AvgIpc) is 3.01. The van der Waals surface area contributed by atoms with Crippen LogP contribution < -0.4 is 0 Å². The second kappa shape index (κ2) is 231. The lowest BCUT2D eigenvalue weighted by molar-refractivity contribution is 0.886. The first-order chi connectivity index (χ1) is 18.7. The molecule has 0 aliphatic heterocycles. The Morgan fingerprint density at radius 2 is 0.179 bits per heavy atom. The lowest BCUT2D eigenvalue weighted by Crippen LogP contribution is -1.47. The predicted molar refractivity (Wildman–Crippen MR) is 205 cm³/mol. The van der Waals surface area contributed by atoms with Gasteiger partial charge in [0.2, 0.25) is 0 Å². The van der Waals surface area contributed by atoms with E-state index in [0.29, 0.717) is 0 Å². The molecule has 0 aliphatic carbocycles. The maximum Gasteiger partial charge on any atom is -0.0564 e. The first-order valence-corrected chi connectivity index (χ1v) is 18.7. The van der Waals surface area contributed by atoms with Gasteiger partial charge in [-0.15, -0.1) is 0 Å². The molecule has 0 heterocycles. The molecule has 0 radical (unpaired) electrons. The second-order valence-electron chi connectivity index (χ2n) is 8.12. The summed E-state index contributed by atoms with van der Waals surface area (Å²) in [6, 6.07) is 0. The van der Waals surface area contributed by atoms with Gasteiger partial charge in [-0.25, -0.2) is 0 Å². The highest BCUT2D eigenvalue weighted by Gasteiger charge is 1.58. The molecule has 39 heavy (non-hydrogen) atoms. The first-order valence-electron chi connectivity index (χ1n) is 18.7. The van der Waals surface area contributed by atoms with Crippen LogP contribution in [0.25, 0.3) is 0 Å². The van der Waals surface area contributed by atoms with Crippen molar-refractivity contribution in [3.05, 3.63) is 0 Å². The van der Waals surface area contributed by atoms with Gasteiger partial charge in [0.25, 0.3) is 0 Å². The van der Waals surface area contributed by atoms with Crippen LogP contribution in [0, 0.1) is 0 Å². The van der Waals surface area contributed by atoms with E-state index in [9.17, 15) is 0 Å². The van der Waals surface area contributed by atoms with Gasteiger partial charge in [-0.3, -0.25) is 0 Å². The zero-order valence-corrected chi connectivity index (χ0v) is 34.6. The standard InChI is InChI=1S/6C4H10.3C3H8.3C2H6/c6*1-3-4-2;3*1-3-2;3*1-2/h6*3-4H2,1-2H3;3*3H2,1-2H3;3*1-2H3. The third-order valence-electron chi connectivity index (χ3n) is 3.00. The highest BCUT2D eigenvalue weighted by molar-refractivity contribution is 4.14. The Hall–Kier alpha value is 0. The van der Waals surface area contributed by atoms with E-state index in [1.165, 1.54) is 96.3 Å². The van der Waals surface area contributed by atoms with Crippen LogP contribution in [0.5, 0.6) is 0 Å². The topological polar surface area (TPSA) is 0 Å². The third kappa shape index (κ3) is 1370. The van der Waals surface area contributed by atoms with Crippen LogP contribution in [0.15, 0.2) is 0 Å². The molecular weight excluding hydrogens is 468 g/mol. The van der Waals surface area contributed by atoms with Crippen LogP contribution in [-0.4, -0.2) is 0 Å². The Bertz CT molecular complexity index is 69.4. The van der Waals surface area contributed by atoms with Crippen molar-refractivity contribution in [1.82, 2.24) is 0 Å². The highest BCUT2D eigenvalue weighted by atomic mass is 13.7. The van der Waals surface area contributed by atoms with Gasteiger partial charge in [0.1, 0.15) is 0 Å². The Labute approximate surface area is 262 Å². The summed E-state index contributed by atoms with van der Waals surface area (Å²) < 4.78 is 0. The van der Waals surface area contributed by atoms with E-state index in [1.54, 1.807) is 0 Å². The fraction of sp³-hybridized carbons (Fsp3) is 1.00. The molecule has 0 aromatic carbocycles. The third-order valence-corrected chi connectivity index (χ3v) is 3.00. The van der Waals surface area contributed by atoms with Crippen LogP contribution in [-0.2, 0) is 0 Å². The monoisotopic (exact) mass is 571 g/mol. The SMILES string of the molecule is CC.CC.CC.CCC.CCC.CCC.CCCC.CCCC.CCCC.CCCC.CCCC.CCCC. The van der Waals surface area contributed by atoms with E-state index in [2.05, 4.69) is 125 Å². The number of rotatable bonds is 6. The molecule has 0 fully saturated rings. The first kappa shape index (κ1) is 77.3. The molecule has 0 bridgehead atoms. The van der Waals surface area contributed by atoms with Crippen LogP contribution in [0.3, 0.4) is 0 Å². The molecule has 0 amide bonds. The van der Waals surface area contributed by atoms with Crippen LogP contribution in [0.1, 0.15) is 262 Å². The van der Waals surface area contributed by atoms with Crippen molar-refractivity contribution in [3.8, 4) is 0 Å². The van der Waals surface area contributed by atoms with Gasteiger partial charge in [-0.2, -0.15) is 0 Å². The molecule has 258 valence electrons. The van der Waals surface area contributed by atoms with Crippen molar-refractivity contribution in [2.75, 3.05) is 0 Å². The van der Waals surface area contributed by atoms with E-state index in [0.717, 1.165) is 0 Å². The van der Waals surface area contributed by atoms with E-state index in [4.69, 9.17) is 0 Å². The van der Waals surface area contributed by atoms with Gasteiger partial charge in [0, 0.05) is 0 Å². The van der Waals surface area contributed by atoms with Crippen molar-refractivity contribution in [1.29, 1.82) is 0 Å². The van der Waals surface area contributed by atoms with Gasteiger partial charge in [-0.05, 0) is 0 Å². The summed E-state index contributed by atoms with van der Waals surface area (Å²) in [6.45, 7) is 50.9. The molecule has 0 aliphatic rings. The van der Waals surface area contributed by atoms with Crippen molar-refractivity contribution >= 4 is 0 Å². The van der Waals surface area contributed by atoms with Gasteiger partial charge in [0.05, 0.1) is 0 Å². The Morgan fingerprint density at radius 1 is 0.154 bits per heavy atom. The van der Waals surface area contributed by atoms with Crippen LogP contribution in [0.2, 0.25) is 0 Å². The van der Waals surface area contributed by atoms with Crippen LogP contribution >= 0.6 is 0 Å². The summed E-state index contributed by atoms with van der Waals surface area (Å²) >= 11 is 0. The summed E-state index contributed by atoms with van der Waals surface area (Å²) in [5.74, 6) is 0. The van der Waals surface area contributed by atoms with E-state index >= 15 is 0 Å². The minimum atomic E-state index is 1.25. The maximum atomic E-state index is 2.18. The van der Waals surface area contributed by atoms with E-state index in [1.807, 2.05) is 41.5 Å². The van der Waals surface area contributed by atoms with Gasteiger partial charge < -0.3 is 0 Å². The molecule has 0 saturated carbocycles. The quantitative estimate of drug-likeness (QED) is 0.298. The summed E-state index contributed by atoms with van der Waals surface area (Å²) in [5.41, 5.74) is 0. The van der Waals surface area contributed by atoms with E-state index in [-0.39, 0.29) is 0 Å². The Morgan fingerprint density at radius 3 is 0.179 bits per heavy atom. The average molecular weight is 571 g/mol. The molecule has 0 atom stereocenters. The molecular formula is C39H102. The lowest BCUT2D eigenvalue weighted by Gasteiger charge is -1.68. The predicted octanol–water partition coefficient (Wildman–Crippen LogP) is 18.2. The molecule has 0 rings (SSSR count). The summed E-state index contributed by atoms with van der Waals surface area (Å²) in [5, 5.41) is 0. The lowest BCUT2D eigenvalue weighted by atomic mass is 10.4. The van der Waals surface area contributed by atoms with Crippen molar-refractivity contribution in [2.45, 2.75) is 262 Å². The zero-order valence-electron chi connectivity index (χ0n) is 34.6. The number of hydrogen-bond donors (Lipinski definition) is 0. The van der Waals surface area contributed by atoms with Gasteiger partial charge in [-0.1, -0.05) is 262 Å². The molecule has 0 saturated heterocycles. The highest BCUT2D eigenvalue weighted by Crippen LogP contribution is 1.78. The summed E-state index contributed by atoms with van der Waals surface area (Å²) in [7, 11) is 0. The molecule has 0 spiro atoms. The molecule has 0 nitrogen and oxygen atoms in total. The van der Waals surface area contributed by atoms with Crippen LogP contribution in [0.4, 0.5) is 0 Å². The minimum Gasteiger partial charge on any atom is -0.0683 e. The summed E-state index contributed by atoms with van der Waals surface area (Å²) in [4.78, 5) is 0.